The molecule has 0 saturated carbocycles. The molecule has 0 bridgehead atoms. The highest BCUT2D eigenvalue weighted by Crippen LogP contribution is 2.29. The van der Waals surface area contributed by atoms with Gasteiger partial charge in [0.05, 0.1) is 0 Å². The lowest BCUT2D eigenvalue weighted by molar-refractivity contribution is 0.179. The first-order valence-electron chi connectivity index (χ1n) is 11.3. The van der Waals surface area contributed by atoms with Gasteiger partial charge in [0.1, 0.15) is 0 Å². The maximum atomic E-state index is 4.04. The van der Waals surface area contributed by atoms with E-state index in [1.807, 2.05) is 0 Å². The van der Waals surface area contributed by atoms with Gasteiger partial charge in [-0.2, -0.15) is 0 Å². The van der Waals surface area contributed by atoms with Crippen molar-refractivity contribution in [2.45, 2.75) is 32.1 Å². The highest BCUT2D eigenvalue weighted by atomic mass is 15.1. The lowest BCUT2D eigenvalue weighted by Gasteiger charge is -2.34. The number of benzene rings is 3. The summed E-state index contributed by atoms with van der Waals surface area (Å²) in [6.45, 7) is 9.62. The summed E-state index contributed by atoms with van der Waals surface area (Å²) in [6.07, 6.45) is 3.78. The Hall–Kier alpha value is -2.64. The maximum Gasteiger partial charge on any atom is 0.0217 e. The monoisotopic (exact) mass is 395 g/mol. The van der Waals surface area contributed by atoms with Gasteiger partial charge in [0.25, 0.3) is 0 Å². The molecule has 0 N–H and O–H groups in total. The van der Waals surface area contributed by atoms with E-state index in [1.165, 1.54) is 54.6 Å². The summed E-state index contributed by atoms with van der Waals surface area (Å²) in [5, 5.41) is 0. The van der Waals surface area contributed by atoms with E-state index in [0.717, 1.165) is 18.0 Å². The molecule has 0 atom stereocenters. The van der Waals surface area contributed by atoms with Crippen LogP contribution < -0.4 is 0 Å². The van der Waals surface area contributed by atoms with Crippen molar-refractivity contribution in [3.05, 3.63) is 114 Å². The van der Waals surface area contributed by atoms with Crippen molar-refractivity contribution in [2.24, 2.45) is 5.92 Å². The van der Waals surface area contributed by atoms with E-state index >= 15 is 0 Å². The van der Waals surface area contributed by atoms with Crippen LogP contribution in [0.1, 0.15) is 47.9 Å². The zero-order valence-electron chi connectivity index (χ0n) is 18.1. The summed E-state index contributed by atoms with van der Waals surface area (Å²) in [7, 11) is 0. The number of rotatable bonds is 7. The smallest absolute Gasteiger partial charge is 0.0217 e. The summed E-state index contributed by atoms with van der Waals surface area (Å²) < 4.78 is 0. The molecule has 0 spiro atoms. The summed E-state index contributed by atoms with van der Waals surface area (Å²) in [6, 6.07) is 31.0. The van der Waals surface area contributed by atoms with E-state index in [2.05, 4.69) is 103 Å². The first-order valence-corrected chi connectivity index (χ1v) is 11.3. The van der Waals surface area contributed by atoms with E-state index in [9.17, 15) is 0 Å². The first kappa shape index (κ1) is 20.6. The minimum atomic E-state index is 0.443. The maximum absolute atomic E-state index is 4.04. The van der Waals surface area contributed by atoms with Crippen LogP contribution in [0.5, 0.6) is 0 Å². The zero-order valence-corrected chi connectivity index (χ0v) is 18.1. The lowest BCUT2D eigenvalue weighted by Crippen LogP contribution is -2.37. The van der Waals surface area contributed by atoms with Crippen LogP contribution in [0, 0.1) is 5.92 Å². The molecule has 0 aliphatic carbocycles. The molecule has 1 saturated heterocycles. The van der Waals surface area contributed by atoms with Crippen molar-refractivity contribution < 1.29 is 0 Å². The number of hydrogen-bond acceptors (Lipinski definition) is 1. The quantitative estimate of drug-likeness (QED) is 0.425. The topological polar surface area (TPSA) is 3.24 Å². The highest BCUT2D eigenvalue weighted by molar-refractivity contribution is 5.61. The van der Waals surface area contributed by atoms with Gasteiger partial charge in [-0.15, -0.1) is 0 Å². The number of nitrogens with zero attached hydrogens (tertiary/aromatic N) is 1. The number of allylic oxidation sites excluding steroid dienone is 1. The summed E-state index contributed by atoms with van der Waals surface area (Å²) in [5.41, 5.74) is 6.69. The minimum absolute atomic E-state index is 0.443. The van der Waals surface area contributed by atoms with E-state index < -0.39 is 0 Å². The minimum Gasteiger partial charge on any atom is -0.302 e. The van der Waals surface area contributed by atoms with Crippen LogP contribution in [-0.4, -0.2) is 24.5 Å². The fourth-order valence-electron chi connectivity index (χ4n) is 4.66. The normalized spacial score (nSPS) is 15.4. The molecule has 1 fully saturated rings. The van der Waals surface area contributed by atoms with Crippen molar-refractivity contribution in [2.75, 3.05) is 19.6 Å². The molecule has 4 rings (SSSR count). The molecule has 154 valence electrons. The Labute approximate surface area is 182 Å². The van der Waals surface area contributed by atoms with Crippen LogP contribution >= 0.6 is 0 Å². The van der Waals surface area contributed by atoms with Crippen molar-refractivity contribution in [3.63, 3.8) is 0 Å². The van der Waals surface area contributed by atoms with Crippen LogP contribution in [-0.2, 0) is 6.42 Å². The van der Waals surface area contributed by atoms with Gasteiger partial charge in [0.15, 0.2) is 0 Å². The van der Waals surface area contributed by atoms with Crippen molar-refractivity contribution >= 4 is 5.57 Å². The molecule has 0 amide bonds. The molecule has 30 heavy (non-hydrogen) atoms. The van der Waals surface area contributed by atoms with Crippen LogP contribution in [0.3, 0.4) is 0 Å². The van der Waals surface area contributed by atoms with Gasteiger partial charge in [-0.3, -0.25) is 0 Å². The summed E-state index contributed by atoms with van der Waals surface area (Å²) >= 11 is 0. The number of hydrogen-bond donors (Lipinski definition) is 0. The highest BCUT2D eigenvalue weighted by Gasteiger charge is 2.23. The standard InChI is InChI=1S/C29H33N/c1-23(2)26-15-13-24(14-16-26)21-25-17-19-30(20-18-25)22-29(27-9-5-3-6-10-27)28-11-7-4-8-12-28/h3-16,25,29H,1,17-22H2,2H3. The molecule has 3 aromatic carbocycles. The molecule has 1 heteroatoms. The molecular weight excluding hydrogens is 362 g/mol. The van der Waals surface area contributed by atoms with Gasteiger partial charge in [0, 0.05) is 12.5 Å². The van der Waals surface area contributed by atoms with E-state index in [-0.39, 0.29) is 0 Å². The second kappa shape index (κ2) is 9.91. The molecule has 0 aromatic heterocycles. The van der Waals surface area contributed by atoms with E-state index in [4.69, 9.17) is 0 Å². The summed E-state index contributed by atoms with van der Waals surface area (Å²) in [4.78, 5) is 2.67. The fourth-order valence-corrected chi connectivity index (χ4v) is 4.66. The number of piperidine rings is 1. The van der Waals surface area contributed by atoms with Crippen molar-refractivity contribution in [1.82, 2.24) is 4.90 Å². The Morgan fingerprint density at radius 1 is 0.833 bits per heavy atom. The average Bonchev–Trinajstić information content (AvgIpc) is 2.80. The molecule has 1 nitrogen and oxygen atoms in total. The molecule has 1 aliphatic rings. The Bertz CT molecular complexity index is 880. The van der Waals surface area contributed by atoms with Crippen LogP contribution in [0.25, 0.3) is 5.57 Å². The van der Waals surface area contributed by atoms with E-state index in [1.54, 1.807) is 0 Å². The largest absolute Gasteiger partial charge is 0.302 e. The van der Waals surface area contributed by atoms with E-state index in [0.29, 0.717) is 5.92 Å². The Morgan fingerprint density at radius 3 is 1.87 bits per heavy atom. The third-order valence-corrected chi connectivity index (χ3v) is 6.52. The Kier molecular flexibility index (Phi) is 6.81. The fraction of sp³-hybridized carbons (Fsp3) is 0.310. The average molecular weight is 396 g/mol. The van der Waals surface area contributed by atoms with Crippen molar-refractivity contribution in [3.8, 4) is 0 Å². The predicted molar refractivity (Wildman–Crippen MR) is 129 cm³/mol. The van der Waals surface area contributed by atoms with Gasteiger partial charge >= 0.3 is 0 Å². The molecular formula is C29H33N. The molecule has 0 radical (unpaired) electrons. The first-order chi connectivity index (χ1) is 14.7. The third kappa shape index (κ3) is 5.29. The molecule has 1 heterocycles. The zero-order chi connectivity index (χ0) is 20.8. The SMILES string of the molecule is C=C(C)c1ccc(CC2CCN(CC(c3ccccc3)c3ccccc3)CC2)cc1. The van der Waals surface area contributed by atoms with Crippen molar-refractivity contribution in [1.29, 1.82) is 0 Å². The predicted octanol–water partition coefficient (Wildman–Crippen LogP) is 6.81. The van der Waals surface area contributed by atoms with Gasteiger partial charge < -0.3 is 4.90 Å². The van der Waals surface area contributed by atoms with Crippen LogP contribution in [0.4, 0.5) is 0 Å². The van der Waals surface area contributed by atoms with Gasteiger partial charge in [-0.1, -0.05) is 97.1 Å². The van der Waals surface area contributed by atoms with Gasteiger partial charge in [-0.25, -0.2) is 0 Å². The molecule has 0 unspecified atom stereocenters. The second-order valence-electron chi connectivity index (χ2n) is 8.80. The molecule has 3 aromatic rings. The van der Waals surface area contributed by atoms with Crippen LogP contribution in [0.2, 0.25) is 0 Å². The van der Waals surface area contributed by atoms with Gasteiger partial charge in [0.2, 0.25) is 0 Å². The van der Waals surface area contributed by atoms with Gasteiger partial charge in [-0.05, 0) is 67.4 Å². The second-order valence-corrected chi connectivity index (χ2v) is 8.80. The third-order valence-electron chi connectivity index (χ3n) is 6.52. The number of likely N-dealkylation sites (tertiary alicyclic amines) is 1. The summed E-state index contributed by atoms with van der Waals surface area (Å²) in [5.74, 6) is 1.24. The Morgan fingerprint density at radius 2 is 1.37 bits per heavy atom. The lowest BCUT2D eigenvalue weighted by atomic mass is 9.87. The Balaban J connectivity index is 1.36. The molecule has 1 aliphatic heterocycles. The van der Waals surface area contributed by atoms with Crippen LogP contribution in [0.15, 0.2) is 91.5 Å².